The molecule has 2 spiro atoms. The highest BCUT2D eigenvalue weighted by atomic mass is 16.8. The van der Waals surface area contributed by atoms with Crippen molar-refractivity contribution in [3.05, 3.63) is 0 Å². The van der Waals surface area contributed by atoms with Crippen molar-refractivity contribution < 1.29 is 34.3 Å². The Labute approximate surface area is 190 Å². The van der Waals surface area contributed by atoms with E-state index in [4.69, 9.17) is 14.2 Å². The molecule has 182 valence electrons. The van der Waals surface area contributed by atoms with Crippen LogP contribution < -0.4 is 0 Å². The van der Waals surface area contributed by atoms with E-state index in [2.05, 4.69) is 0 Å². The number of carbonyl (C=O) groups excluding carboxylic acids is 1. The Hall–Kier alpha value is -0.730. The van der Waals surface area contributed by atoms with Crippen molar-refractivity contribution in [1.29, 1.82) is 0 Å². The maximum Gasteiger partial charge on any atom is 0.302 e. The van der Waals surface area contributed by atoms with Gasteiger partial charge in [-0.1, -0.05) is 13.8 Å². The fourth-order valence-corrected chi connectivity index (χ4v) is 9.25. The number of ether oxygens (including phenoxy) is 3. The third kappa shape index (κ3) is 2.58. The molecule has 7 nitrogen and oxygen atoms in total. The summed E-state index contributed by atoms with van der Waals surface area (Å²) in [5, 5.41) is 34.9. The Bertz CT molecular complexity index is 832. The fraction of sp³-hybridized carbons (Fsp3) is 0.960. The normalized spacial score (nSPS) is 57.3. The molecule has 0 radical (unpaired) electrons. The molecule has 1 heterocycles. The molecule has 5 rings (SSSR count). The van der Waals surface area contributed by atoms with Crippen molar-refractivity contribution in [2.24, 2.45) is 28.6 Å². The number of esters is 1. The molecular weight excluding hydrogens is 412 g/mol. The average molecular weight is 453 g/mol. The van der Waals surface area contributed by atoms with E-state index in [1.165, 1.54) is 6.92 Å². The molecule has 0 aromatic rings. The van der Waals surface area contributed by atoms with Crippen molar-refractivity contribution in [2.75, 3.05) is 0 Å². The molecule has 0 aromatic heterocycles. The van der Waals surface area contributed by atoms with Gasteiger partial charge >= 0.3 is 5.97 Å². The molecule has 32 heavy (non-hydrogen) atoms. The number of fused-ring (bicyclic) bond motifs is 1. The molecule has 4 aliphatic carbocycles. The van der Waals surface area contributed by atoms with Gasteiger partial charge in [0.15, 0.2) is 5.79 Å². The lowest BCUT2D eigenvalue weighted by Crippen LogP contribution is -2.60. The van der Waals surface area contributed by atoms with E-state index >= 15 is 0 Å². The monoisotopic (exact) mass is 452 g/mol. The molecule has 1 saturated heterocycles. The molecule has 5 aliphatic rings. The lowest BCUT2D eigenvalue weighted by molar-refractivity contribution is -0.230. The SMILES string of the molecule is CC(=O)O[C@@H]1[C@H]2CC[C@H]3[C@@](C)(O)[C@@H]4C[C@H](O)C(C)(C)[C@]45OC(C)(C)O[C@@H]5C[C@@]13C[C@@]2(C)O. The summed E-state index contributed by atoms with van der Waals surface area (Å²) in [7, 11) is 0. The van der Waals surface area contributed by atoms with Crippen LogP contribution in [0.4, 0.5) is 0 Å². The zero-order valence-electron chi connectivity index (χ0n) is 20.5. The van der Waals surface area contributed by atoms with Crippen molar-refractivity contribution in [3.63, 3.8) is 0 Å². The Kier molecular flexibility index (Phi) is 4.52. The average Bonchev–Trinajstić information content (AvgIpc) is 3.02. The molecule has 7 heteroatoms. The molecule has 0 unspecified atom stereocenters. The minimum atomic E-state index is -1.20. The van der Waals surface area contributed by atoms with Crippen LogP contribution >= 0.6 is 0 Å². The standard InChI is InChI=1S/C25H40O7/c1-13(26)30-19-14-8-9-15-23(7,29)16-10-17(27)20(2,3)25(16)18(31-21(4,5)32-25)11-24(15,19)12-22(14,6)28/h14-19,27-29H,8-12H2,1-7H3/t14-,15+,16+,17+,18-,19-,22-,23-,24+,25+/m1/s1. The van der Waals surface area contributed by atoms with Gasteiger partial charge in [-0.15, -0.1) is 0 Å². The number of aliphatic hydroxyl groups is 3. The minimum Gasteiger partial charge on any atom is -0.462 e. The van der Waals surface area contributed by atoms with Crippen LogP contribution in [-0.4, -0.2) is 62.2 Å². The van der Waals surface area contributed by atoms with Gasteiger partial charge in [-0.2, -0.15) is 0 Å². The van der Waals surface area contributed by atoms with Crippen LogP contribution in [0, 0.1) is 28.6 Å². The van der Waals surface area contributed by atoms with Gasteiger partial charge in [-0.25, -0.2) is 0 Å². The molecule has 0 aromatic carbocycles. The molecular formula is C25H40O7. The first kappa shape index (κ1) is 23.0. The van der Waals surface area contributed by atoms with Gasteiger partial charge in [0.2, 0.25) is 0 Å². The minimum absolute atomic E-state index is 0.179. The van der Waals surface area contributed by atoms with Crippen LogP contribution in [-0.2, 0) is 19.0 Å². The topological polar surface area (TPSA) is 105 Å². The van der Waals surface area contributed by atoms with Gasteiger partial charge in [0.1, 0.15) is 11.7 Å². The summed E-state index contributed by atoms with van der Waals surface area (Å²) in [5.41, 5.74) is -4.37. The first-order chi connectivity index (χ1) is 14.5. The zero-order chi connectivity index (χ0) is 23.7. The smallest absolute Gasteiger partial charge is 0.302 e. The van der Waals surface area contributed by atoms with Gasteiger partial charge in [-0.3, -0.25) is 4.79 Å². The lowest BCUT2D eigenvalue weighted by Gasteiger charge is -2.52. The van der Waals surface area contributed by atoms with Crippen LogP contribution in [0.5, 0.6) is 0 Å². The van der Waals surface area contributed by atoms with Crippen LogP contribution in [0.25, 0.3) is 0 Å². The molecule has 4 saturated carbocycles. The second-order valence-electron chi connectivity index (χ2n) is 12.9. The van der Waals surface area contributed by atoms with E-state index in [9.17, 15) is 20.1 Å². The van der Waals surface area contributed by atoms with E-state index < -0.39 is 51.7 Å². The van der Waals surface area contributed by atoms with Crippen LogP contribution in [0.2, 0.25) is 0 Å². The summed E-state index contributed by atoms with van der Waals surface area (Å²) in [6.07, 6.45) is 1.24. The molecule has 2 bridgehead atoms. The van der Waals surface area contributed by atoms with E-state index in [1.807, 2.05) is 41.5 Å². The fourth-order valence-electron chi connectivity index (χ4n) is 9.25. The number of rotatable bonds is 1. The Morgan fingerprint density at radius 1 is 1.03 bits per heavy atom. The summed E-state index contributed by atoms with van der Waals surface area (Å²) in [6, 6.07) is 0. The highest BCUT2D eigenvalue weighted by Gasteiger charge is 2.80. The maximum absolute atomic E-state index is 12.4. The zero-order valence-corrected chi connectivity index (χ0v) is 20.5. The largest absolute Gasteiger partial charge is 0.462 e. The van der Waals surface area contributed by atoms with Crippen molar-refractivity contribution in [3.8, 4) is 0 Å². The van der Waals surface area contributed by atoms with Gasteiger partial charge in [0, 0.05) is 29.6 Å². The first-order valence-electron chi connectivity index (χ1n) is 12.2. The summed E-state index contributed by atoms with van der Waals surface area (Å²) in [4.78, 5) is 12.2. The second kappa shape index (κ2) is 6.28. The van der Waals surface area contributed by atoms with Gasteiger partial charge in [0.05, 0.1) is 23.4 Å². The van der Waals surface area contributed by atoms with Crippen LogP contribution in [0.15, 0.2) is 0 Å². The molecule has 5 fully saturated rings. The summed E-state index contributed by atoms with van der Waals surface area (Å²) < 4.78 is 19.3. The highest BCUT2D eigenvalue weighted by molar-refractivity contribution is 5.66. The summed E-state index contributed by atoms with van der Waals surface area (Å²) >= 11 is 0. The Morgan fingerprint density at radius 2 is 1.69 bits per heavy atom. The van der Waals surface area contributed by atoms with Crippen LogP contribution in [0.3, 0.4) is 0 Å². The number of carbonyl (C=O) groups is 1. The van der Waals surface area contributed by atoms with E-state index in [0.717, 1.165) is 6.42 Å². The maximum atomic E-state index is 12.4. The van der Waals surface area contributed by atoms with E-state index in [0.29, 0.717) is 25.7 Å². The number of hydrogen-bond acceptors (Lipinski definition) is 7. The van der Waals surface area contributed by atoms with E-state index in [-0.39, 0.29) is 23.7 Å². The summed E-state index contributed by atoms with van der Waals surface area (Å²) in [6.45, 7) is 12.9. The molecule has 3 N–H and O–H groups in total. The molecule has 1 aliphatic heterocycles. The molecule has 0 amide bonds. The number of aliphatic hydroxyl groups excluding tert-OH is 1. The van der Waals surface area contributed by atoms with Crippen LogP contribution in [0.1, 0.15) is 80.6 Å². The highest BCUT2D eigenvalue weighted by Crippen LogP contribution is 2.73. The van der Waals surface area contributed by atoms with Gasteiger partial charge < -0.3 is 29.5 Å². The molecule has 10 atom stereocenters. The third-order valence-electron chi connectivity index (χ3n) is 10.3. The van der Waals surface area contributed by atoms with E-state index in [1.54, 1.807) is 0 Å². The Morgan fingerprint density at radius 3 is 2.31 bits per heavy atom. The van der Waals surface area contributed by atoms with Gasteiger partial charge in [-0.05, 0) is 65.7 Å². The second-order valence-corrected chi connectivity index (χ2v) is 12.9. The van der Waals surface area contributed by atoms with Crippen molar-refractivity contribution >= 4 is 5.97 Å². The quantitative estimate of drug-likeness (QED) is 0.525. The van der Waals surface area contributed by atoms with Crippen molar-refractivity contribution in [1.82, 2.24) is 0 Å². The van der Waals surface area contributed by atoms with Crippen molar-refractivity contribution in [2.45, 2.75) is 121 Å². The predicted octanol–water partition coefficient (Wildman–Crippen LogP) is 2.54. The Balaban J connectivity index is 1.73. The van der Waals surface area contributed by atoms with Gasteiger partial charge in [0.25, 0.3) is 0 Å². The number of hydrogen-bond donors (Lipinski definition) is 3. The predicted molar refractivity (Wildman–Crippen MR) is 115 cm³/mol. The lowest BCUT2D eigenvalue weighted by atomic mass is 9.57. The first-order valence-corrected chi connectivity index (χ1v) is 12.2. The third-order valence-corrected chi connectivity index (χ3v) is 10.3. The summed E-state index contributed by atoms with van der Waals surface area (Å²) in [5.74, 6) is -1.99.